The summed E-state index contributed by atoms with van der Waals surface area (Å²) in [5.41, 5.74) is 1.53. The highest BCUT2D eigenvalue weighted by molar-refractivity contribution is 7.18. The second-order valence-corrected chi connectivity index (χ2v) is 11.1. The van der Waals surface area contributed by atoms with Crippen LogP contribution >= 0.6 is 11.3 Å². The maximum Gasteiger partial charge on any atom is 0.410 e. The molecular weight excluding hydrogens is 504 g/mol. The minimum Gasteiger partial charge on any atom is -0.450 e. The lowest BCUT2D eigenvalue weighted by Gasteiger charge is -2.33. The number of benzene rings is 1. The highest BCUT2D eigenvalue weighted by Gasteiger charge is 2.30. The summed E-state index contributed by atoms with van der Waals surface area (Å²) in [7, 11) is 0. The molecule has 38 heavy (non-hydrogen) atoms. The van der Waals surface area contributed by atoms with Gasteiger partial charge in [0, 0.05) is 24.0 Å². The van der Waals surface area contributed by atoms with Crippen LogP contribution in [0.5, 0.6) is 0 Å². The van der Waals surface area contributed by atoms with Gasteiger partial charge in [-0.25, -0.2) is 14.2 Å². The van der Waals surface area contributed by atoms with Crippen LogP contribution in [0, 0.1) is 0 Å². The molecule has 2 amide bonds. The number of thiophene rings is 1. The van der Waals surface area contributed by atoms with E-state index in [0.717, 1.165) is 41.7 Å². The van der Waals surface area contributed by atoms with Crippen molar-refractivity contribution in [3.8, 4) is 5.69 Å². The van der Waals surface area contributed by atoms with Crippen molar-refractivity contribution in [3.63, 3.8) is 0 Å². The van der Waals surface area contributed by atoms with E-state index in [0.29, 0.717) is 42.0 Å². The predicted molar refractivity (Wildman–Crippen MR) is 147 cm³/mol. The summed E-state index contributed by atoms with van der Waals surface area (Å²) in [4.78, 5) is 58.5. The zero-order valence-corrected chi connectivity index (χ0v) is 23.0. The Kier molecular flexibility index (Phi) is 7.43. The van der Waals surface area contributed by atoms with E-state index < -0.39 is 11.8 Å². The number of likely N-dealkylation sites (tertiary alicyclic amines) is 1. The van der Waals surface area contributed by atoms with Crippen LogP contribution in [0.3, 0.4) is 0 Å². The number of fused-ring (bicyclic) bond motifs is 3. The second kappa shape index (κ2) is 10.8. The van der Waals surface area contributed by atoms with Gasteiger partial charge in [0.1, 0.15) is 11.4 Å². The molecule has 0 radical (unpaired) electrons. The molecular formula is C28H34N4O5S. The molecule has 1 aromatic carbocycles. The molecule has 3 aromatic rings. The van der Waals surface area contributed by atoms with Gasteiger partial charge in [0.2, 0.25) is 5.91 Å². The van der Waals surface area contributed by atoms with E-state index in [-0.39, 0.29) is 30.7 Å². The molecule has 0 saturated carbocycles. The van der Waals surface area contributed by atoms with Gasteiger partial charge in [0.15, 0.2) is 0 Å². The number of aromatic nitrogens is 2. The van der Waals surface area contributed by atoms with Crippen molar-refractivity contribution in [2.24, 2.45) is 0 Å². The van der Waals surface area contributed by atoms with Crippen LogP contribution in [0.1, 0.15) is 56.0 Å². The standard InChI is InChI=1S/C28H34N4O5S/c1-4-19-9-11-20(12-10-19)32-25(34)24-21-13-15-29(28(36)37-5-2)16-22(21)38-26(24)31(27(32)35)17-23(33)30-14-7-6-8-18(30)3/h9-12,18H,4-8,13-17H2,1-3H3. The van der Waals surface area contributed by atoms with E-state index in [4.69, 9.17) is 4.74 Å². The quantitative estimate of drug-likeness (QED) is 0.494. The molecule has 0 aliphatic carbocycles. The highest BCUT2D eigenvalue weighted by Crippen LogP contribution is 2.33. The van der Waals surface area contributed by atoms with Gasteiger partial charge in [-0.2, -0.15) is 0 Å². The van der Waals surface area contributed by atoms with Crippen molar-refractivity contribution in [1.29, 1.82) is 0 Å². The Bertz CT molecular complexity index is 1490. The number of amides is 2. The molecule has 2 aliphatic heterocycles. The summed E-state index contributed by atoms with van der Waals surface area (Å²) in [6.45, 7) is 7.41. The predicted octanol–water partition coefficient (Wildman–Crippen LogP) is 3.69. The van der Waals surface area contributed by atoms with Gasteiger partial charge in [0.05, 0.1) is 24.2 Å². The second-order valence-electron chi connectivity index (χ2n) is 10.0. The summed E-state index contributed by atoms with van der Waals surface area (Å²) in [5.74, 6) is -0.119. The lowest BCUT2D eigenvalue weighted by Crippen LogP contribution is -2.46. The highest BCUT2D eigenvalue weighted by atomic mass is 32.1. The summed E-state index contributed by atoms with van der Waals surface area (Å²) >= 11 is 1.32. The van der Waals surface area contributed by atoms with Crippen LogP contribution in [-0.4, -0.2) is 56.7 Å². The van der Waals surface area contributed by atoms with Crippen molar-refractivity contribution < 1.29 is 14.3 Å². The van der Waals surface area contributed by atoms with Crippen LogP contribution in [-0.2, 0) is 35.5 Å². The molecule has 1 atom stereocenters. The third kappa shape index (κ3) is 4.66. The number of piperidine rings is 1. The fourth-order valence-corrected chi connectivity index (χ4v) is 6.87. The molecule has 2 aliphatic rings. The SMILES string of the molecule is CCOC(=O)N1CCc2c(sc3c2c(=O)n(-c2ccc(CC)cc2)c(=O)n3CC(=O)N2CCCCC2C)C1. The minimum atomic E-state index is -0.523. The van der Waals surface area contributed by atoms with Crippen LogP contribution in [0.15, 0.2) is 33.9 Å². The Hall–Kier alpha value is -3.40. The number of carbonyl (C=O) groups is 2. The molecule has 0 N–H and O–H groups in total. The van der Waals surface area contributed by atoms with Gasteiger partial charge in [0.25, 0.3) is 5.56 Å². The number of carbonyl (C=O) groups excluding carboxylic acids is 2. The van der Waals surface area contributed by atoms with E-state index in [1.54, 1.807) is 24.0 Å². The van der Waals surface area contributed by atoms with Gasteiger partial charge in [-0.15, -0.1) is 11.3 Å². The average molecular weight is 539 g/mol. The molecule has 0 bridgehead atoms. The maximum atomic E-state index is 13.9. The van der Waals surface area contributed by atoms with Crippen molar-refractivity contribution in [2.45, 2.75) is 72.0 Å². The number of nitrogens with zero attached hydrogens (tertiary/aromatic N) is 4. The van der Waals surface area contributed by atoms with Gasteiger partial charge in [-0.05, 0) is 69.2 Å². The van der Waals surface area contributed by atoms with Crippen molar-refractivity contribution in [3.05, 3.63) is 61.1 Å². The average Bonchev–Trinajstić information content (AvgIpc) is 3.31. The summed E-state index contributed by atoms with van der Waals surface area (Å²) in [6, 6.07) is 7.51. The Labute approximate surface area is 225 Å². The topological polar surface area (TPSA) is 93.8 Å². The molecule has 1 unspecified atom stereocenters. The number of hydrogen-bond donors (Lipinski definition) is 0. The lowest BCUT2D eigenvalue weighted by atomic mass is 10.0. The smallest absolute Gasteiger partial charge is 0.410 e. The molecule has 5 rings (SSSR count). The summed E-state index contributed by atoms with van der Waals surface area (Å²) < 4.78 is 7.84. The fourth-order valence-electron chi connectivity index (χ4n) is 5.52. The molecule has 2 aromatic heterocycles. The Balaban J connectivity index is 1.66. The number of rotatable bonds is 5. The largest absolute Gasteiger partial charge is 0.450 e. The van der Waals surface area contributed by atoms with Crippen LogP contribution in [0.2, 0.25) is 0 Å². The maximum absolute atomic E-state index is 13.9. The van der Waals surface area contributed by atoms with E-state index in [2.05, 4.69) is 0 Å². The van der Waals surface area contributed by atoms with Gasteiger partial charge < -0.3 is 14.5 Å². The monoisotopic (exact) mass is 538 g/mol. The van der Waals surface area contributed by atoms with E-state index in [1.165, 1.54) is 20.5 Å². The van der Waals surface area contributed by atoms with Gasteiger partial charge in [-0.3, -0.25) is 14.2 Å². The van der Waals surface area contributed by atoms with E-state index in [1.807, 2.05) is 30.9 Å². The number of ether oxygens (including phenoxy) is 1. The molecule has 1 fully saturated rings. The Morgan fingerprint density at radius 1 is 1.08 bits per heavy atom. The molecule has 202 valence electrons. The number of hydrogen-bond acceptors (Lipinski definition) is 6. The lowest BCUT2D eigenvalue weighted by molar-refractivity contribution is -0.135. The Morgan fingerprint density at radius 3 is 2.53 bits per heavy atom. The minimum absolute atomic E-state index is 0.115. The third-order valence-electron chi connectivity index (χ3n) is 7.67. The Morgan fingerprint density at radius 2 is 1.84 bits per heavy atom. The first-order valence-corrected chi connectivity index (χ1v) is 14.3. The molecule has 4 heterocycles. The van der Waals surface area contributed by atoms with Gasteiger partial charge >= 0.3 is 11.8 Å². The molecule has 0 spiro atoms. The van der Waals surface area contributed by atoms with Crippen molar-refractivity contribution >= 4 is 33.6 Å². The molecule has 9 nitrogen and oxygen atoms in total. The summed E-state index contributed by atoms with van der Waals surface area (Å²) in [5, 5.41) is 0.465. The first-order chi connectivity index (χ1) is 18.3. The van der Waals surface area contributed by atoms with Gasteiger partial charge in [-0.1, -0.05) is 19.1 Å². The summed E-state index contributed by atoms with van der Waals surface area (Å²) in [6.07, 6.45) is 3.90. The normalized spacial score (nSPS) is 17.5. The number of aryl methyl sites for hydroxylation is 1. The third-order valence-corrected chi connectivity index (χ3v) is 8.91. The fraction of sp³-hybridized carbons (Fsp3) is 0.500. The van der Waals surface area contributed by atoms with Crippen molar-refractivity contribution in [1.82, 2.24) is 18.9 Å². The first kappa shape index (κ1) is 26.2. The van der Waals surface area contributed by atoms with Crippen LogP contribution in [0.4, 0.5) is 4.79 Å². The van der Waals surface area contributed by atoms with Crippen molar-refractivity contribution in [2.75, 3.05) is 19.7 Å². The molecule has 1 saturated heterocycles. The van der Waals surface area contributed by atoms with E-state index >= 15 is 0 Å². The first-order valence-electron chi connectivity index (χ1n) is 13.4. The zero-order valence-electron chi connectivity index (χ0n) is 22.2. The van der Waals surface area contributed by atoms with Crippen LogP contribution in [0.25, 0.3) is 15.9 Å². The molecule has 10 heteroatoms. The van der Waals surface area contributed by atoms with Crippen LogP contribution < -0.4 is 11.2 Å². The van der Waals surface area contributed by atoms with E-state index in [9.17, 15) is 19.2 Å². The zero-order chi connectivity index (χ0) is 27.0.